The van der Waals surface area contributed by atoms with Crippen molar-refractivity contribution in [3.05, 3.63) is 0 Å². The third-order valence-electron chi connectivity index (χ3n) is 3.93. The highest BCUT2D eigenvalue weighted by molar-refractivity contribution is 5.33. The van der Waals surface area contributed by atoms with Gasteiger partial charge in [-0.3, -0.25) is 0 Å². The zero-order valence-corrected chi connectivity index (χ0v) is 11.6. The third-order valence-corrected chi connectivity index (χ3v) is 3.93. The van der Waals surface area contributed by atoms with Crippen molar-refractivity contribution in [1.82, 2.24) is 15.0 Å². The van der Waals surface area contributed by atoms with Gasteiger partial charge >= 0.3 is 12.0 Å². The molecule has 0 radical (unpaired) electrons. The van der Waals surface area contributed by atoms with Crippen LogP contribution >= 0.6 is 0 Å². The topological polar surface area (TPSA) is 104 Å². The van der Waals surface area contributed by atoms with Crippen molar-refractivity contribution < 1.29 is 14.2 Å². The summed E-state index contributed by atoms with van der Waals surface area (Å²) < 4.78 is 15.8. The molecule has 4 unspecified atom stereocenters. The second-order valence-electron chi connectivity index (χ2n) is 5.02. The van der Waals surface area contributed by atoms with Crippen molar-refractivity contribution in [3.63, 3.8) is 0 Å². The van der Waals surface area contributed by atoms with E-state index in [2.05, 4.69) is 20.3 Å². The molecule has 0 spiro atoms. The Morgan fingerprint density at radius 3 is 2.55 bits per heavy atom. The maximum atomic E-state index is 6.19. The van der Waals surface area contributed by atoms with Crippen LogP contribution in [0.1, 0.15) is 12.8 Å². The van der Waals surface area contributed by atoms with Crippen LogP contribution in [-0.4, -0.2) is 54.0 Å². The average Bonchev–Trinajstić information content (AvgIpc) is 2.51. The Morgan fingerprint density at radius 2 is 1.90 bits per heavy atom. The van der Waals surface area contributed by atoms with E-state index in [9.17, 15) is 0 Å². The molecule has 0 aromatic carbocycles. The maximum absolute atomic E-state index is 6.19. The zero-order valence-electron chi connectivity index (χ0n) is 11.6. The van der Waals surface area contributed by atoms with Crippen LogP contribution in [0.4, 0.5) is 5.95 Å². The number of nitrogens with zero attached hydrogens (tertiary/aromatic N) is 3. The number of anilines is 1. The van der Waals surface area contributed by atoms with E-state index in [1.165, 1.54) is 14.2 Å². The molecule has 3 rings (SSSR count). The molecule has 1 saturated carbocycles. The molecule has 20 heavy (non-hydrogen) atoms. The highest BCUT2D eigenvalue weighted by Crippen LogP contribution is 2.38. The largest absolute Gasteiger partial charge is 0.467 e. The van der Waals surface area contributed by atoms with Gasteiger partial charge in [-0.05, 0) is 12.8 Å². The summed E-state index contributed by atoms with van der Waals surface area (Å²) in [6.45, 7) is 0.788. The van der Waals surface area contributed by atoms with E-state index in [1.54, 1.807) is 0 Å². The van der Waals surface area contributed by atoms with E-state index < -0.39 is 0 Å². The first kappa shape index (κ1) is 13.3. The molecule has 2 fully saturated rings. The predicted octanol–water partition coefficient (Wildman–Crippen LogP) is -0.195. The van der Waals surface area contributed by atoms with E-state index in [0.717, 1.165) is 19.4 Å². The van der Waals surface area contributed by atoms with Crippen molar-refractivity contribution in [3.8, 4) is 12.0 Å². The van der Waals surface area contributed by atoms with Gasteiger partial charge in [-0.25, -0.2) is 0 Å². The van der Waals surface area contributed by atoms with Gasteiger partial charge in [-0.15, -0.1) is 4.98 Å². The quantitative estimate of drug-likeness (QED) is 0.782. The molecule has 2 aliphatic rings. The number of ether oxygens (including phenoxy) is 3. The summed E-state index contributed by atoms with van der Waals surface area (Å²) >= 11 is 0. The molecule has 0 amide bonds. The second kappa shape index (κ2) is 5.37. The number of hydrogen-bond donors (Lipinski definition) is 2. The Morgan fingerprint density at radius 1 is 1.20 bits per heavy atom. The van der Waals surface area contributed by atoms with Gasteiger partial charge in [0.1, 0.15) is 0 Å². The first-order valence-electron chi connectivity index (χ1n) is 6.70. The van der Waals surface area contributed by atoms with Crippen molar-refractivity contribution in [1.29, 1.82) is 0 Å². The summed E-state index contributed by atoms with van der Waals surface area (Å²) in [5, 5.41) is 3.20. The fraction of sp³-hybridized carbons (Fsp3) is 0.750. The SMILES string of the molecule is COc1nc(NC2C(N)C3CCCOC32)nc(OC)n1. The minimum atomic E-state index is 0.0112. The zero-order chi connectivity index (χ0) is 14.1. The molecule has 0 bridgehead atoms. The van der Waals surface area contributed by atoms with Crippen LogP contribution in [0.3, 0.4) is 0 Å². The third kappa shape index (κ3) is 2.25. The average molecular weight is 281 g/mol. The van der Waals surface area contributed by atoms with Gasteiger partial charge in [0.15, 0.2) is 0 Å². The second-order valence-corrected chi connectivity index (χ2v) is 5.02. The lowest BCUT2D eigenvalue weighted by atomic mass is 9.69. The van der Waals surface area contributed by atoms with Crippen LogP contribution in [0.25, 0.3) is 0 Å². The van der Waals surface area contributed by atoms with E-state index in [0.29, 0.717) is 11.9 Å². The van der Waals surface area contributed by atoms with Crippen LogP contribution in [0, 0.1) is 5.92 Å². The Hall–Kier alpha value is -1.67. The van der Waals surface area contributed by atoms with Crippen LogP contribution in [0.15, 0.2) is 0 Å². The van der Waals surface area contributed by atoms with Gasteiger partial charge in [0.25, 0.3) is 0 Å². The Bertz CT molecular complexity index is 464. The smallest absolute Gasteiger partial charge is 0.324 e. The number of methoxy groups -OCH3 is 2. The molecule has 1 saturated heterocycles. The van der Waals surface area contributed by atoms with Crippen molar-refractivity contribution >= 4 is 5.95 Å². The molecule has 8 nitrogen and oxygen atoms in total. The summed E-state index contributed by atoms with van der Waals surface area (Å²) in [5.74, 6) is 0.814. The van der Waals surface area contributed by atoms with Gasteiger partial charge in [-0.1, -0.05) is 0 Å². The monoisotopic (exact) mass is 281 g/mol. The molecule has 8 heteroatoms. The number of nitrogens with one attached hydrogen (secondary N) is 1. The molecular formula is C12H19N5O3. The molecule has 4 atom stereocenters. The van der Waals surface area contributed by atoms with Gasteiger partial charge in [0, 0.05) is 18.6 Å². The van der Waals surface area contributed by atoms with Crippen molar-refractivity contribution in [2.45, 2.75) is 31.0 Å². The number of nitrogens with two attached hydrogens (primary N) is 1. The summed E-state index contributed by atoms with van der Waals surface area (Å²) in [7, 11) is 2.99. The van der Waals surface area contributed by atoms with Gasteiger partial charge in [-0.2, -0.15) is 9.97 Å². The minimum Gasteiger partial charge on any atom is -0.467 e. The van der Waals surface area contributed by atoms with Crippen LogP contribution in [-0.2, 0) is 4.74 Å². The van der Waals surface area contributed by atoms with E-state index in [4.69, 9.17) is 19.9 Å². The Labute approximate surface area is 117 Å². The van der Waals surface area contributed by atoms with Crippen LogP contribution in [0.2, 0.25) is 0 Å². The lowest BCUT2D eigenvalue weighted by Gasteiger charge is -2.52. The molecule has 110 valence electrons. The van der Waals surface area contributed by atoms with Crippen molar-refractivity contribution in [2.24, 2.45) is 11.7 Å². The van der Waals surface area contributed by atoms with E-state index in [1.807, 2.05) is 0 Å². The number of rotatable bonds is 4. The first-order chi connectivity index (χ1) is 9.72. The lowest BCUT2D eigenvalue weighted by Crippen LogP contribution is -2.69. The molecule has 1 aliphatic carbocycles. The van der Waals surface area contributed by atoms with E-state index in [-0.39, 0.29) is 30.2 Å². The minimum absolute atomic E-state index is 0.0112. The fourth-order valence-electron chi connectivity index (χ4n) is 2.86. The molecule has 1 aromatic heterocycles. The van der Waals surface area contributed by atoms with Crippen molar-refractivity contribution in [2.75, 3.05) is 26.1 Å². The van der Waals surface area contributed by atoms with Gasteiger partial charge < -0.3 is 25.3 Å². The Kier molecular flexibility index (Phi) is 3.58. The normalized spacial score (nSPS) is 31.9. The summed E-state index contributed by atoms with van der Waals surface area (Å²) in [6, 6.07) is 0.466. The van der Waals surface area contributed by atoms with Gasteiger partial charge in [0.2, 0.25) is 5.95 Å². The molecule has 3 N–H and O–H groups in total. The molecular weight excluding hydrogens is 262 g/mol. The lowest BCUT2D eigenvalue weighted by molar-refractivity contribution is -0.104. The molecule has 1 aliphatic heterocycles. The van der Waals surface area contributed by atoms with Gasteiger partial charge in [0.05, 0.1) is 26.4 Å². The number of hydrogen-bond acceptors (Lipinski definition) is 8. The Balaban J connectivity index is 1.74. The van der Waals surface area contributed by atoms with E-state index >= 15 is 0 Å². The maximum Gasteiger partial charge on any atom is 0.324 e. The first-order valence-corrected chi connectivity index (χ1v) is 6.70. The predicted molar refractivity (Wildman–Crippen MR) is 70.8 cm³/mol. The van der Waals surface area contributed by atoms with Crippen LogP contribution in [0.5, 0.6) is 12.0 Å². The number of fused-ring (bicyclic) bond motifs is 1. The van der Waals surface area contributed by atoms with Crippen LogP contribution < -0.4 is 20.5 Å². The number of aromatic nitrogens is 3. The fourth-order valence-corrected chi connectivity index (χ4v) is 2.86. The highest BCUT2D eigenvalue weighted by atomic mass is 16.5. The standard InChI is InChI=1S/C12H19N5O3/c1-18-11-15-10(16-12(17-11)19-2)14-8-7(13)6-4-3-5-20-9(6)8/h6-9H,3-5,13H2,1-2H3,(H,14,15,16,17). The summed E-state index contributed by atoms with van der Waals surface area (Å²) in [5.41, 5.74) is 6.19. The molecule has 2 heterocycles. The molecule has 1 aromatic rings. The highest BCUT2D eigenvalue weighted by Gasteiger charge is 2.50. The summed E-state index contributed by atoms with van der Waals surface area (Å²) in [6.07, 6.45) is 2.33. The summed E-state index contributed by atoms with van der Waals surface area (Å²) in [4.78, 5) is 12.2.